The molecule has 11 heavy (non-hydrogen) atoms. The van der Waals surface area contributed by atoms with Crippen LogP contribution in [-0.2, 0) is 4.79 Å². The third-order valence-corrected chi connectivity index (χ3v) is 0.644. The molecule has 0 spiro atoms. The standard InChI is InChI=1S/C6H12O.C3H6O/c1-4-5-6(2,3)7;1-3(2)4/h4,7H,1,5H2,2-3H3;1-2H3. The lowest BCUT2D eigenvalue weighted by Gasteiger charge is -2.12. The summed E-state index contributed by atoms with van der Waals surface area (Å²) >= 11 is 0. The third kappa shape index (κ3) is 44.8. The fourth-order valence-corrected chi connectivity index (χ4v) is 0.353. The summed E-state index contributed by atoms with van der Waals surface area (Å²) in [5.74, 6) is 0.167. The van der Waals surface area contributed by atoms with Crippen molar-refractivity contribution in [3.8, 4) is 0 Å². The van der Waals surface area contributed by atoms with Crippen molar-refractivity contribution in [3.63, 3.8) is 0 Å². The van der Waals surface area contributed by atoms with Crippen LogP contribution in [-0.4, -0.2) is 16.5 Å². The summed E-state index contributed by atoms with van der Waals surface area (Å²) in [7, 11) is 0. The molecule has 0 aliphatic rings. The van der Waals surface area contributed by atoms with Gasteiger partial charge in [-0.25, -0.2) is 0 Å². The summed E-state index contributed by atoms with van der Waals surface area (Å²) in [5, 5.41) is 8.95. The molecule has 0 saturated heterocycles. The topological polar surface area (TPSA) is 37.3 Å². The lowest BCUT2D eigenvalue weighted by atomic mass is 10.1. The number of rotatable bonds is 2. The summed E-state index contributed by atoms with van der Waals surface area (Å²) < 4.78 is 0. The number of ketones is 1. The number of carbonyl (C=O) groups excluding carboxylic acids is 1. The van der Waals surface area contributed by atoms with Gasteiger partial charge in [-0.3, -0.25) is 0 Å². The molecule has 0 aromatic carbocycles. The Kier molecular flexibility index (Phi) is 7.21. The first-order chi connectivity index (χ1) is 4.79. The van der Waals surface area contributed by atoms with Gasteiger partial charge >= 0.3 is 0 Å². The quantitative estimate of drug-likeness (QED) is 0.623. The molecule has 66 valence electrons. The molecule has 0 aliphatic carbocycles. The van der Waals surface area contributed by atoms with Crippen molar-refractivity contribution in [2.24, 2.45) is 0 Å². The maximum Gasteiger partial charge on any atom is 0.126 e. The van der Waals surface area contributed by atoms with E-state index in [2.05, 4.69) is 6.58 Å². The SMILES string of the molecule is C=CCC(C)(C)O.CC(C)=O. The van der Waals surface area contributed by atoms with E-state index in [1.165, 1.54) is 13.8 Å². The zero-order valence-electron chi connectivity index (χ0n) is 7.85. The van der Waals surface area contributed by atoms with E-state index in [-0.39, 0.29) is 5.78 Å². The van der Waals surface area contributed by atoms with Crippen LogP contribution in [0.5, 0.6) is 0 Å². The van der Waals surface area contributed by atoms with Crippen molar-refractivity contribution in [2.45, 2.75) is 39.7 Å². The summed E-state index contributed by atoms with van der Waals surface area (Å²) in [6, 6.07) is 0. The summed E-state index contributed by atoms with van der Waals surface area (Å²) in [4.78, 5) is 9.44. The molecule has 0 aromatic heterocycles. The second kappa shape index (κ2) is 6.10. The lowest BCUT2D eigenvalue weighted by Crippen LogP contribution is -2.16. The molecule has 0 heterocycles. The first-order valence-electron chi connectivity index (χ1n) is 3.60. The fourth-order valence-electron chi connectivity index (χ4n) is 0.353. The first kappa shape index (κ1) is 13.0. The number of Topliss-reactive ketones (excluding diaryl/α,β-unsaturated/α-hetero) is 1. The van der Waals surface area contributed by atoms with E-state index in [1.54, 1.807) is 19.9 Å². The molecule has 0 radical (unpaired) electrons. The van der Waals surface area contributed by atoms with Crippen LogP contribution in [0.4, 0.5) is 0 Å². The largest absolute Gasteiger partial charge is 0.390 e. The minimum Gasteiger partial charge on any atom is -0.390 e. The van der Waals surface area contributed by atoms with Crippen molar-refractivity contribution in [3.05, 3.63) is 12.7 Å². The number of hydrogen-bond donors (Lipinski definition) is 1. The Morgan fingerprint density at radius 3 is 1.82 bits per heavy atom. The minimum atomic E-state index is -0.568. The fraction of sp³-hybridized carbons (Fsp3) is 0.667. The maximum atomic E-state index is 9.44. The van der Waals surface area contributed by atoms with Crippen molar-refractivity contribution >= 4 is 5.78 Å². The van der Waals surface area contributed by atoms with Gasteiger partial charge in [-0.2, -0.15) is 0 Å². The third-order valence-electron chi connectivity index (χ3n) is 0.644. The Bertz CT molecular complexity index is 116. The van der Waals surface area contributed by atoms with Crippen LogP contribution < -0.4 is 0 Å². The van der Waals surface area contributed by atoms with Crippen LogP contribution in [0.25, 0.3) is 0 Å². The first-order valence-corrected chi connectivity index (χ1v) is 3.60. The zero-order chi connectivity index (χ0) is 9.49. The number of aliphatic hydroxyl groups is 1. The highest BCUT2D eigenvalue weighted by Gasteiger charge is 2.07. The minimum absolute atomic E-state index is 0.167. The van der Waals surface area contributed by atoms with E-state index in [9.17, 15) is 4.79 Å². The van der Waals surface area contributed by atoms with Crippen molar-refractivity contribution in [1.29, 1.82) is 0 Å². The molecule has 0 aromatic rings. The molecular weight excluding hydrogens is 140 g/mol. The summed E-state index contributed by atoms with van der Waals surface area (Å²) in [6.07, 6.45) is 2.37. The van der Waals surface area contributed by atoms with Crippen LogP contribution in [0.3, 0.4) is 0 Å². The molecule has 2 heteroatoms. The predicted octanol–water partition coefficient (Wildman–Crippen LogP) is 1.93. The monoisotopic (exact) mass is 158 g/mol. The summed E-state index contributed by atoms with van der Waals surface area (Å²) in [6.45, 7) is 10.1. The van der Waals surface area contributed by atoms with E-state index in [4.69, 9.17) is 5.11 Å². The molecule has 0 amide bonds. The predicted molar refractivity (Wildman–Crippen MR) is 47.5 cm³/mol. The lowest BCUT2D eigenvalue weighted by molar-refractivity contribution is -0.114. The molecule has 0 rings (SSSR count). The Labute approximate surface area is 68.9 Å². The molecule has 2 nitrogen and oxygen atoms in total. The van der Waals surface area contributed by atoms with Gasteiger partial charge in [0.2, 0.25) is 0 Å². The number of hydrogen-bond acceptors (Lipinski definition) is 2. The van der Waals surface area contributed by atoms with Gasteiger partial charge in [-0.05, 0) is 34.1 Å². The molecule has 0 fully saturated rings. The van der Waals surface area contributed by atoms with Gasteiger partial charge in [0.05, 0.1) is 5.60 Å². The molecule has 0 saturated carbocycles. The highest BCUT2D eigenvalue weighted by atomic mass is 16.3. The maximum absolute atomic E-state index is 9.44. The van der Waals surface area contributed by atoms with Crippen LogP contribution in [0.2, 0.25) is 0 Å². The van der Waals surface area contributed by atoms with Gasteiger partial charge < -0.3 is 9.90 Å². The molecular formula is C9H18O2. The molecule has 0 unspecified atom stereocenters. The van der Waals surface area contributed by atoms with E-state index < -0.39 is 5.60 Å². The zero-order valence-corrected chi connectivity index (χ0v) is 7.85. The molecule has 0 atom stereocenters. The molecule has 1 N–H and O–H groups in total. The Morgan fingerprint density at radius 1 is 1.55 bits per heavy atom. The Morgan fingerprint density at radius 2 is 1.82 bits per heavy atom. The van der Waals surface area contributed by atoms with Gasteiger partial charge in [0.15, 0.2) is 0 Å². The Hall–Kier alpha value is -0.630. The second-order valence-electron chi connectivity index (χ2n) is 3.21. The average molecular weight is 158 g/mol. The molecule has 0 aliphatic heterocycles. The number of carbonyl (C=O) groups is 1. The van der Waals surface area contributed by atoms with Gasteiger partial charge in [0, 0.05) is 0 Å². The smallest absolute Gasteiger partial charge is 0.126 e. The van der Waals surface area contributed by atoms with E-state index in [0.29, 0.717) is 6.42 Å². The summed E-state index contributed by atoms with van der Waals surface area (Å²) in [5.41, 5.74) is -0.568. The van der Waals surface area contributed by atoms with E-state index in [1.807, 2.05) is 0 Å². The highest BCUT2D eigenvalue weighted by Crippen LogP contribution is 2.05. The van der Waals surface area contributed by atoms with Gasteiger partial charge in [-0.1, -0.05) is 6.08 Å². The van der Waals surface area contributed by atoms with Gasteiger partial charge in [0.1, 0.15) is 5.78 Å². The van der Waals surface area contributed by atoms with Crippen molar-refractivity contribution < 1.29 is 9.90 Å². The normalized spacial score (nSPS) is 9.55. The van der Waals surface area contributed by atoms with Crippen LogP contribution in [0, 0.1) is 0 Å². The van der Waals surface area contributed by atoms with Gasteiger partial charge in [-0.15, -0.1) is 6.58 Å². The second-order valence-corrected chi connectivity index (χ2v) is 3.21. The highest BCUT2D eigenvalue weighted by molar-refractivity contribution is 5.72. The van der Waals surface area contributed by atoms with E-state index >= 15 is 0 Å². The van der Waals surface area contributed by atoms with Crippen LogP contribution in [0.15, 0.2) is 12.7 Å². The van der Waals surface area contributed by atoms with Crippen LogP contribution in [0.1, 0.15) is 34.1 Å². The van der Waals surface area contributed by atoms with Crippen molar-refractivity contribution in [2.75, 3.05) is 0 Å². The molecule has 0 bridgehead atoms. The van der Waals surface area contributed by atoms with E-state index in [0.717, 1.165) is 0 Å². The van der Waals surface area contributed by atoms with Crippen LogP contribution >= 0.6 is 0 Å². The Balaban J connectivity index is 0. The van der Waals surface area contributed by atoms with Crippen molar-refractivity contribution in [1.82, 2.24) is 0 Å². The van der Waals surface area contributed by atoms with Gasteiger partial charge in [0.25, 0.3) is 0 Å². The average Bonchev–Trinajstić information content (AvgIpc) is 1.58.